The summed E-state index contributed by atoms with van der Waals surface area (Å²) >= 11 is 0. The lowest BCUT2D eigenvalue weighted by Gasteiger charge is -1.94. The molecule has 0 saturated carbocycles. The molecule has 3 nitrogen and oxygen atoms in total. The van der Waals surface area contributed by atoms with Crippen LogP contribution in [-0.4, -0.2) is 10.2 Å². The van der Waals surface area contributed by atoms with Gasteiger partial charge < -0.3 is 0 Å². The van der Waals surface area contributed by atoms with Crippen molar-refractivity contribution in [3.05, 3.63) is 36.2 Å². The third-order valence-electron chi connectivity index (χ3n) is 1.68. The van der Waals surface area contributed by atoms with Crippen molar-refractivity contribution in [1.82, 2.24) is 10.2 Å². The number of nitrogens with zero attached hydrogens (tertiary/aromatic N) is 3. The third kappa shape index (κ3) is 1.58. The van der Waals surface area contributed by atoms with Gasteiger partial charge in [0.15, 0.2) is 5.69 Å². The molecule has 0 radical (unpaired) electrons. The van der Waals surface area contributed by atoms with E-state index >= 15 is 0 Å². The Balaban J connectivity index is 0.000000845. The molecule has 0 amide bonds. The summed E-state index contributed by atoms with van der Waals surface area (Å²) in [5, 5.41) is 17.9. The van der Waals surface area contributed by atoms with Crippen molar-refractivity contribution in [2.75, 3.05) is 0 Å². The summed E-state index contributed by atoms with van der Waals surface area (Å²) in [6, 6.07) is 9.56. The lowest BCUT2D eigenvalue weighted by molar-refractivity contribution is 1.03. The smallest absolute Gasteiger partial charge is 0.170 e. The summed E-state index contributed by atoms with van der Waals surface area (Å²) in [6.45, 7) is 0. The highest BCUT2D eigenvalue weighted by molar-refractivity contribution is 5.85. The van der Waals surface area contributed by atoms with E-state index < -0.39 is 0 Å². The van der Waals surface area contributed by atoms with Crippen molar-refractivity contribution in [2.24, 2.45) is 0 Å². The maximum atomic E-state index is 8.68. The van der Waals surface area contributed by atoms with E-state index in [1.54, 1.807) is 6.20 Å². The molecule has 0 spiro atoms. The fourth-order valence-corrected chi connectivity index (χ4v) is 1.11. The van der Waals surface area contributed by atoms with Crippen LogP contribution in [0.3, 0.4) is 0 Å². The van der Waals surface area contributed by atoms with Crippen LogP contribution >= 0.6 is 12.4 Å². The summed E-state index contributed by atoms with van der Waals surface area (Å²) in [6.07, 6.45) is 1.65. The molecular weight excluding hydrogens is 186 g/mol. The first-order chi connectivity index (χ1) is 5.92. The lowest BCUT2D eigenvalue weighted by Crippen LogP contribution is -1.87. The van der Waals surface area contributed by atoms with Crippen molar-refractivity contribution in [3.8, 4) is 6.07 Å². The van der Waals surface area contributed by atoms with Gasteiger partial charge in [0.25, 0.3) is 0 Å². The topological polar surface area (TPSA) is 49.6 Å². The zero-order valence-corrected chi connectivity index (χ0v) is 7.45. The summed E-state index contributed by atoms with van der Waals surface area (Å²) in [5.41, 5.74) is 0.383. The van der Waals surface area contributed by atoms with Crippen LogP contribution < -0.4 is 0 Å². The molecule has 0 N–H and O–H groups in total. The zero-order valence-electron chi connectivity index (χ0n) is 6.64. The molecule has 2 aromatic rings. The minimum atomic E-state index is 0. The average Bonchev–Trinajstić information content (AvgIpc) is 2.17. The first-order valence-electron chi connectivity index (χ1n) is 3.52. The van der Waals surface area contributed by atoms with Gasteiger partial charge in [-0.2, -0.15) is 10.4 Å². The van der Waals surface area contributed by atoms with E-state index in [9.17, 15) is 0 Å². The van der Waals surface area contributed by atoms with Crippen molar-refractivity contribution in [2.45, 2.75) is 0 Å². The molecule has 0 aliphatic heterocycles. The number of fused-ring (bicyclic) bond motifs is 1. The van der Waals surface area contributed by atoms with Crippen LogP contribution in [0.5, 0.6) is 0 Å². The molecule has 0 fully saturated rings. The quantitative estimate of drug-likeness (QED) is 0.639. The highest BCUT2D eigenvalue weighted by Gasteiger charge is 1.99. The summed E-state index contributed by atoms with van der Waals surface area (Å²) < 4.78 is 0. The molecule has 64 valence electrons. The molecule has 0 bridgehead atoms. The second-order valence-corrected chi connectivity index (χ2v) is 2.39. The van der Waals surface area contributed by atoms with Crippen LogP contribution in [0.25, 0.3) is 10.8 Å². The monoisotopic (exact) mass is 191 g/mol. The molecular formula is C9H6ClN3. The van der Waals surface area contributed by atoms with E-state index in [1.165, 1.54) is 0 Å². The van der Waals surface area contributed by atoms with Gasteiger partial charge in [-0.25, -0.2) is 0 Å². The van der Waals surface area contributed by atoms with Crippen LogP contribution in [0.4, 0.5) is 0 Å². The maximum Gasteiger partial charge on any atom is 0.170 e. The predicted octanol–water partition coefficient (Wildman–Crippen LogP) is 1.92. The van der Waals surface area contributed by atoms with Crippen molar-refractivity contribution < 1.29 is 0 Å². The highest BCUT2D eigenvalue weighted by Crippen LogP contribution is 2.13. The average molecular weight is 192 g/mol. The Morgan fingerprint density at radius 2 is 2.00 bits per heavy atom. The molecule has 0 aliphatic rings. The SMILES string of the molecule is Cl.N#Cc1nncc2ccccc12. The summed E-state index contributed by atoms with van der Waals surface area (Å²) in [4.78, 5) is 0. The molecule has 13 heavy (non-hydrogen) atoms. The van der Waals surface area contributed by atoms with Crippen molar-refractivity contribution in [1.29, 1.82) is 5.26 Å². The molecule has 0 aliphatic carbocycles. The van der Waals surface area contributed by atoms with Crippen LogP contribution in [0.2, 0.25) is 0 Å². The van der Waals surface area contributed by atoms with Crippen molar-refractivity contribution in [3.63, 3.8) is 0 Å². The Morgan fingerprint density at radius 3 is 2.77 bits per heavy atom. The first kappa shape index (κ1) is 9.43. The summed E-state index contributed by atoms with van der Waals surface area (Å²) in [7, 11) is 0. The Labute approximate surface area is 81.4 Å². The van der Waals surface area contributed by atoms with E-state index in [0.717, 1.165) is 10.8 Å². The highest BCUT2D eigenvalue weighted by atomic mass is 35.5. The predicted molar refractivity (Wildman–Crippen MR) is 51.5 cm³/mol. The molecule has 0 unspecified atom stereocenters. The second kappa shape index (κ2) is 3.83. The van der Waals surface area contributed by atoms with Crippen LogP contribution in [0.1, 0.15) is 5.69 Å². The maximum absolute atomic E-state index is 8.68. The largest absolute Gasteiger partial charge is 0.191 e. The number of halogens is 1. The molecule has 1 heterocycles. The molecule has 4 heteroatoms. The number of nitriles is 1. The number of benzene rings is 1. The van der Waals surface area contributed by atoms with E-state index in [1.807, 2.05) is 30.3 Å². The number of rotatable bonds is 0. The van der Waals surface area contributed by atoms with Crippen LogP contribution in [0, 0.1) is 11.3 Å². The zero-order chi connectivity index (χ0) is 8.39. The minimum Gasteiger partial charge on any atom is -0.191 e. The van der Waals surface area contributed by atoms with Gasteiger partial charge in [-0.1, -0.05) is 24.3 Å². The normalized spacial score (nSPS) is 8.85. The van der Waals surface area contributed by atoms with Gasteiger partial charge in [0.05, 0.1) is 6.20 Å². The van der Waals surface area contributed by atoms with Gasteiger partial charge in [0.2, 0.25) is 0 Å². The Hall–Kier alpha value is -1.66. The van der Waals surface area contributed by atoms with Crippen LogP contribution in [-0.2, 0) is 0 Å². The fraction of sp³-hybridized carbons (Fsp3) is 0. The standard InChI is InChI=1S/C9H5N3.ClH/c10-5-9-8-4-2-1-3-7(8)6-11-12-9;/h1-4,6H;1H. The Kier molecular flexibility index (Phi) is 2.78. The van der Waals surface area contributed by atoms with Gasteiger partial charge in [-0.05, 0) is 0 Å². The van der Waals surface area contributed by atoms with E-state index in [4.69, 9.17) is 5.26 Å². The third-order valence-corrected chi connectivity index (χ3v) is 1.68. The molecule has 2 rings (SSSR count). The lowest BCUT2D eigenvalue weighted by atomic mass is 10.1. The van der Waals surface area contributed by atoms with Gasteiger partial charge in [-0.3, -0.25) is 0 Å². The Bertz CT molecular complexity index is 456. The number of hydrogen-bond acceptors (Lipinski definition) is 3. The van der Waals surface area contributed by atoms with E-state index in [2.05, 4.69) is 10.2 Å². The number of hydrogen-bond donors (Lipinski definition) is 0. The van der Waals surface area contributed by atoms with Gasteiger partial charge in [-0.15, -0.1) is 17.5 Å². The van der Waals surface area contributed by atoms with Gasteiger partial charge in [0.1, 0.15) is 6.07 Å². The van der Waals surface area contributed by atoms with E-state index in [0.29, 0.717) is 5.69 Å². The van der Waals surface area contributed by atoms with Crippen LogP contribution in [0.15, 0.2) is 30.5 Å². The van der Waals surface area contributed by atoms with Gasteiger partial charge in [0, 0.05) is 10.8 Å². The van der Waals surface area contributed by atoms with Gasteiger partial charge >= 0.3 is 0 Å². The Morgan fingerprint density at radius 1 is 1.23 bits per heavy atom. The molecule has 1 aromatic carbocycles. The molecule has 0 saturated heterocycles. The summed E-state index contributed by atoms with van der Waals surface area (Å²) in [5.74, 6) is 0. The molecule has 0 atom stereocenters. The van der Waals surface area contributed by atoms with E-state index in [-0.39, 0.29) is 12.4 Å². The number of aromatic nitrogens is 2. The minimum absolute atomic E-state index is 0. The van der Waals surface area contributed by atoms with Crippen molar-refractivity contribution >= 4 is 23.2 Å². The molecule has 1 aromatic heterocycles. The fourth-order valence-electron chi connectivity index (χ4n) is 1.11. The second-order valence-electron chi connectivity index (χ2n) is 2.39. The first-order valence-corrected chi connectivity index (χ1v) is 3.52.